The summed E-state index contributed by atoms with van der Waals surface area (Å²) in [4.78, 5) is 34.6. The molecule has 1 unspecified atom stereocenters. The third-order valence-corrected chi connectivity index (χ3v) is 7.83. The van der Waals surface area contributed by atoms with Crippen molar-refractivity contribution in [2.24, 2.45) is 10.7 Å². The van der Waals surface area contributed by atoms with Crippen LogP contribution in [0.4, 0.5) is 17.6 Å². The molecule has 214 valence electrons. The van der Waals surface area contributed by atoms with Crippen molar-refractivity contribution in [3.05, 3.63) is 122 Å². The van der Waals surface area contributed by atoms with E-state index in [9.17, 15) is 27.2 Å². The van der Waals surface area contributed by atoms with E-state index in [1.165, 1.54) is 34.1 Å². The number of nitrogens with zero attached hydrogens (tertiary/aromatic N) is 4. The first-order valence-corrected chi connectivity index (χ1v) is 13.5. The SMILES string of the molecule is NC1=NC(c2ccc(F)cc2)(c2cccc(Br)c2)C(=O)N1Cc1cccc(C(=O)N2Cc3[nH]nc(C(F)(F)F)c3C2)c1. The Morgan fingerprint density at radius 2 is 1.76 bits per heavy atom. The van der Waals surface area contributed by atoms with E-state index in [0.717, 1.165) is 0 Å². The summed E-state index contributed by atoms with van der Waals surface area (Å²) in [6, 6.07) is 18.9. The summed E-state index contributed by atoms with van der Waals surface area (Å²) in [6.07, 6.45) is -4.63. The Bertz CT molecular complexity index is 1750. The molecule has 2 amide bonds. The van der Waals surface area contributed by atoms with E-state index in [2.05, 4.69) is 31.1 Å². The molecule has 13 heteroatoms. The number of alkyl halides is 3. The number of guanidine groups is 1. The van der Waals surface area contributed by atoms with E-state index < -0.39 is 35.0 Å². The molecule has 2 aliphatic rings. The smallest absolute Gasteiger partial charge is 0.369 e. The number of aliphatic imine (C=N–C) groups is 1. The lowest BCUT2D eigenvalue weighted by Gasteiger charge is -2.27. The maximum atomic E-state index is 14.1. The highest BCUT2D eigenvalue weighted by Gasteiger charge is 2.50. The normalized spacial score (nSPS) is 18.4. The molecule has 3 N–H and O–H groups in total. The average molecular weight is 641 g/mol. The monoisotopic (exact) mass is 640 g/mol. The number of rotatable bonds is 5. The van der Waals surface area contributed by atoms with Gasteiger partial charge in [0.15, 0.2) is 17.2 Å². The highest BCUT2D eigenvalue weighted by molar-refractivity contribution is 9.10. The quantitative estimate of drug-likeness (QED) is 0.296. The second-order valence-corrected chi connectivity index (χ2v) is 10.9. The predicted molar refractivity (Wildman–Crippen MR) is 147 cm³/mol. The van der Waals surface area contributed by atoms with Crippen molar-refractivity contribution < 1.29 is 27.2 Å². The molecule has 0 spiro atoms. The molecule has 3 heterocycles. The van der Waals surface area contributed by atoms with Crippen molar-refractivity contribution in [2.75, 3.05) is 0 Å². The number of halogens is 5. The first kappa shape index (κ1) is 27.6. The molecule has 8 nitrogen and oxygen atoms in total. The van der Waals surface area contributed by atoms with Crippen molar-refractivity contribution in [1.82, 2.24) is 20.0 Å². The van der Waals surface area contributed by atoms with Gasteiger partial charge in [0.2, 0.25) is 0 Å². The lowest BCUT2D eigenvalue weighted by atomic mass is 9.83. The van der Waals surface area contributed by atoms with Crippen molar-refractivity contribution in [1.29, 1.82) is 0 Å². The Hall–Kier alpha value is -4.52. The summed E-state index contributed by atoms with van der Waals surface area (Å²) in [5.74, 6) is -1.48. The van der Waals surface area contributed by atoms with Crippen LogP contribution >= 0.6 is 15.9 Å². The first-order chi connectivity index (χ1) is 20.0. The molecule has 0 fully saturated rings. The van der Waals surface area contributed by atoms with Gasteiger partial charge in [-0.1, -0.05) is 52.3 Å². The molecule has 0 saturated heterocycles. The zero-order valence-electron chi connectivity index (χ0n) is 21.6. The molecule has 0 radical (unpaired) electrons. The van der Waals surface area contributed by atoms with Crippen LogP contribution in [-0.2, 0) is 36.1 Å². The molecule has 6 rings (SSSR count). The Morgan fingerprint density at radius 3 is 2.48 bits per heavy atom. The van der Waals surface area contributed by atoms with Crippen molar-refractivity contribution >= 4 is 33.7 Å². The van der Waals surface area contributed by atoms with Crippen LogP contribution in [-0.4, -0.2) is 37.8 Å². The number of carbonyl (C=O) groups excluding carboxylic acids is 2. The summed E-state index contributed by atoms with van der Waals surface area (Å²) >= 11 is 3.43. The minimum absolute atomic E-state index is 0.0343. The summed E-state index contributed by atoms with van der Waals surface area (Å²) < 4.78 is 54.4. The zero-order chi connectivity index (χ0) is 29.8. The lowest BCUT2D eigenvalue weighted by molar-refractivity contribution is -0.142. The van der Waals surface area contributed by atoms with Crippen LogP contribution in [0.15, 0.2) is 82.3 Å². The number of carbonyl (C=O) groups is 2. The first-order valence-electron chi connectivity index (χ1n) is 12.7. The third kappa shape index (κ3) is 4.63. The average Bonchev–Trinajstić information content (AvgIpc) is 3.62. The molecule has 0 aliphatic carbocycles. The number of H-pyrrole nitrogens is 1. The number of amides is 2. The molecule has 1 aromatic heterocycles. The van der Waals surface area contributed by atoms with Crippen molar-refractivity contribution in [3.8, 4) is 0 Å². The molecule has 4 aromatic rings. The van der Waals surface area contributed by atoms with E-state index in [1.54, 1.807) is 48.5 Å². The highest BCUT2D eigenvalue weighted by Crippen LogP contribution is 2.41. The molecule has 1 atom stereocenters. The van der Waals surface area contributed by atoms with Gasteiger partial charge in [-0.25, -0.2) is 9.38 Å². The van der Waals surface area contributed by atoms with Crippen LogP contribution in [0.2, 0.25) is 0 Å². The van der Waals surface area contributed by atoms with E-state index >= 15 is 0 Å². The van der Waals surface area contributed by atoms with Crippen LogP contribution in [0.3, 0.4) is 0 Å². The number of aromatic amines is 1. The van der Waals surface area contributed by atoms with Gasteiger partial charge in [-0.15, -0.1) is 0 Å². The lowest BCUT2D eigenvalue weighted by Crippen LogP contribution is -2.43. The fraction of sp³-hybridized carbons (Fsp3) is 0.172. The molecule has 0 saturated carbocycles. The minimum atomic E-state index is -4.63. The number of benzene rings is 3. The fourth-order valence-electron chi connectivity index (χ4n) is 5.37. The Labute approximate surface area is 245 Å². The molecular formula is C29H21BrF4N6O2. The largest absolute Gasteiger partial charge is 0.435 e. The zero-order valence-corrected chi connectivity index (χ0v) is 23.2. The fourth-order valence-corrected chi connectivity index (χ4v) is 5.76. The third-order valence-electron chi connectivity index (χ3n) is 7.34. The second-order valence-electron chi connectivity index (χ2n) is 9.98. The van der Waals surface area contributed by atoms with Gasteiger partial charge in [0, 0.05) is 15.6 Å². The Morgan fingerprint density at radius 1 is 1.02 bits per heavy atom. The second kappa shape index (κ2) is 10.1. The van der Waals surface area contributed by atoms with Gasteiger partial charge in [0.25, 0.3) is 11.8 Å². The number of hydrogen-bond acceptors (Lipinski definition) is 5. The van der Waals surface area contributed by atoms with Crippen molar-refractivity contribution in [2.45, 2.75) is 31.3 Å². The molecule has 2 aliphatic heterocycles. The Kier molecular flexibility index (Phi) is 6.64. The number of hydrogen-bond donors (Lipinski definition) is 2. The van der Waals surface area contributed by atoms with Gasteiger partial charge in [-0.2, -0.15) is 18.3 Å². The maximum absolute atomic E-state index is 14.1. The van der Waals surface area contributed by atoms with Gasteiger partial charge in [0.05, 0.1) is 25.3 Å². The Balaban J connectivity index is 1.27. The van der Waals surface area contributed by atoms with Crippen LogP contribution in [0.25, 0.3) is 0 Å². The number of nitrogens with one attached hydrogen (secondary N) is 1. The molecular weight excluding hydrogens is 620 g/mol. The summed E-state index contributed by atoms with van der Waals surface area (Å²) in [5, 5.41) is 5.74. The van der Waals surface area contributed by atoms with Gasteiger partial charge < -0.3 is 10.6 Å². The number of nitrogens with two attached hydrogens (primary N) is 1. The summed E-state index contributed by atoms with van der Waals surface area (Å²) in [6.45, 7) is -0.313. The van der Waals surface area contributed by atoms with E-state index in [-0.39, 0.29) is 42.4 Å². The summed E-state index contributed by atoms with van der Waals surface area (Å²) in [7, 11) is 0. The number of aromatic nitrogens is 2. The standard InChI is InChI=1S/C29H21BrF4N6O2/c30-20-6-2-5-19(12-20)28(18-7-9-21(31)10-8-18)26(42)40(27(35)36-28)13-16-3-1-4-17(11-16)25(41)39-14-22-23(15-39)37-38-24(22)29(32,33)34/h1-12H,13-15H2,(H2,35,36)(H,37,38). The predicted octanol–water partition coefficient (Wildman–Crippen LogP) is 5.09. The molecule has 0 bridgehead atoms. The van der Waals surface area contributed by atoms with Crippen LogP contribution in [0.5, 0.6) is 0 Å². The maximum Gasteiger partial charge on any atom is 0.435 e. The number of fused-ring (bicyclic) bond motifs is 1. The highest BCUT2D eigenvalue weighted by atomic mass is 79.9. The molecule has 3 aromatic carbocycles. The van der Waals surface area contributed by atoms with E-state index in [4.69, 9.17) is 5.73 Å². The van der Waals surface area contributed by atoms with E-state index in [1.807, 2.05) is 0 Å². The van der Waals surface area contributed by atoms with Crippen molar-refractivity contribution in [3.63, 3.8) is 0 Å². The molecule has 42 heavy (non-hydrogen) atoms. The van der Waals surface area contributed by atoms with Gasteiger partial charge >= 0.3 is 6.18 Å². The van der Waals surface area contributed by atoms with Crippen LogP contribution in [0.1, 0.15) is 44.0 Å². The van der Waals surface area contributed by atoms with Gasteiger partial charge in [-0.3, -0.25) is 19.6 Å². The minimum Gasteiger partial charge on any atom is -0.369 e. The summed E-state index contributed by atoms with van der Waals surface area (Å²) in [5.41, 5.74) is 5.63. The topological polar surface area (TPSA) is 108 Å². The van der Waals surface area contributed by atoms with Crippen LogP contribution in [0, 0.1) is 5.82 Å². The van der Waals surface area contributed by atoms with Gasteiger partial charge in [0.1, 0.15) is 5.82 Å². The van der Waals surface area contributed by atoms with Crippen LogP contribution < -0.4 is 5.73 Å². The van der Waals surface area contributed by atoms with E-state index in [0.29, 0.717) is 21.2 Å². The van der Waals surface area contributed by atoms with Gasteiger partial charge in [-0.05, 0) is 53.1 Å².